The number of nitrogens with zero attached hydrogens (tertiary/aromatic N) is 5. The molecule has 1 atom stereocenters. The largest absolute Gasteiger partial charge is 0.314 e. The number of piperazine rings is 1. The molecule has 1 N–H and O–H groups in total. The van der Waals surface area contributed by atoms with Crippen molar-refractivity contribution in [3.63, 3.8) is 0 Å². The summed E-state index contributed by atoms with van der Waals surface area (Å²) >= 11 is 0. The van der Waals surface area contributed by atoms with Gasteiger partial charge >= 0.3 is 0 Å². The van der Waals surface area contributed by atoms with Gasteiger partial charge in [-0.1, -0.05) is 0 Å². The fourth-order valence-corrected chi connectivity index (χ4v) is 3.94. The molecular formula is C18H26N6. The van der Waals surface area contributed by atoms with Gasteiger partial charge in [0.05, 0.1) is 5.69 Å². The molecule has 0 saturated carbocycles. The van der Waals surface area contributed by atoms with Gasteiger partial charge in [0.1, 0.15) is 0 Å². The van der Waals surface area contributed by atoms with Crippen molar-refractivity contribution >= 4 is 0 Å². The van der Waals surface area contributed by atoms with Gasteiger partial charge in [0.15, 0.2) is 0 Å². The molecule has 4 rings (SSSR count). The number of aromatic nitrogens is 3. The maximum Gasteiger partial charge on any atom is 0.0983 e. The molecule has 0 spiro atoms. The number of nitrogens with one attached hydrogen (secondary N) is 1. The van der Waals surface area contributed by atoms with Gasteiger partial charge in [-0.3, -0.25) is 19.5 Å². The van der Waals surface area contributed by atoms with Crippen molar-refractivity contribution in [3.05, 3.63) is 36.3 Å². The monoisotopic (exact) mass is 326 g/mol. The number of pyridine rings is 1. The molecule has 6 heteroatoms. The maximum atomic E-state index is 4.66. The highest BCUT2D eigenvalue weighted by molar-refractivity contribution is 5.61. The Morgan fingerprint density at radius 1 is 1.25 bits per heavy atom. The zero-order valence-corrected chi connectivity index (χ0v) is 14.4. The van der Waals surface area contributed by atoms with Gasteiger partial charge in [-0.05, 0) is 18.6 Å². The fraction of sp³-hybridized carbons (Fsp3) is 0.556. The Morgan fingerprint density at radius 3 is 2.92 bits per heavy atom. The molecule has 6 nitrogen and oxygen atoms in total. The van der Waals surface area contributed by atoms with Crippen molar-refractivity contribution in [2.75, 3.05) is 39.3 Å². The van der Waals surface area contributed by atoms with E-state index in [0.717, 1.165) is 30.9 Å². The first-order valence-electron chi connectivity index (χ1n) is 8.89. The lowest BCUT2D eigenvalue weighted by Gasteiger charge is -2.32. The highest BCUT2D eigenvalue weighted by atomic mass is 15.3. The molecule has 1 unspecified atom stereocenters. The standard InChI is InChI=1S/C18H26N6/c1-22-12-16(18(21-22)15-3-2-5-20-11-15)13-23-8-4-17(14-23)24-9-6-19-7-10-24/h2-3,5,11-12,17,19H,4,6-10,13-14H2,1H3. The van der Waals surface area contributed by atoms with E-state index in [1.807, 2.05) is 30.2 Å². The van der Waals surface area contributed by atoms with E-state index in [0.29, 0.717) is 6.04 Å². The SMILES string of the molecule is Cn1cc(CN2CCC(N3CCNCC3)C2)c(-c2cccnc2)n1. The van der Waals surface area contributed by atoms with Gasteiger partial charge in [0.2, 0.25) is 0 Å². The Balaban J connectivity index is 1.45. The molecule has 2 aliphatic rings. The number of rotatable bonds is 4. The van der Waals surface area contributed by atoms with Gasteiger partial charge in [-0.2, -0.15) is 5.10 Å². The van der Waals surface area contributed by atoms with Gasteiger partial charge in [-0.15, -0.1) is 0 Å². The molecule has 2 aliphatic heterocycles. The van der Waals surface area contributed by atoms with Crippen LogP contribution in [0.1, 0.15) is 12.0 Å². The molecule has 128 valence electrons. The van der Waals surface area contributed by atoms with Gasteiger partial charge in [-0.25, -0.2) is 0 Å². The van der Waals surface area contributed by atoms with E-state index in [-0.39, 0.29) is 0 Å². The molecular weight excluding hydrogens is 300 g/mol. The van der Waals surface area contributed by atoms with E-state index in [2.05, 4.69) is 37.5 Å². The van der Waals surface area contributed by atoms with E-state index in [9.17, 15) is 0 Å². The molecule has 2 aromatic heterocycles. The number of hydrogen-bond acceptors (Lipinski definition) is 5. The van der Waals surface area contributed by atoms with Crippen molar-refractivity contribution in [2.45, 2.75) is 19.0 Å². The minimum atomic E-state index is 0.714. The summed E-state index contributed by atoms with van der Waals surface area (Å²) in [5.74, 6) is 0. The quantitative estimate of drug-likeness (QED) is 0.907. The molecule has 0 aliphatic carbocycles. The first-order chi connectivity index (χ1) is 11.8. The fourth-order valence-electron chi connectivity index (χ4n) is 3.94. The summed E-state index contributed by atoms with van der Waals surface area (Å²) in [7, 11) is 2.00. The predicted octanol–water partition coefficient (Wildman–Crippen LogP) is 0.962. The summed E-state index contributed by atoms with van der Waals surface area (Å²) in [6, 6.07) is 4.78. The highest BCUT2D eigenvalue weighted by Gasteiger charge is 2.29. The topological polar surface area (TPSA) is 49.2 Å². The summed E-state index contributed by atoms with van der Waals surface area (Å²) in [6.45, 7) is 7.95. The lowest BCUT2D eigenvalue weighted by molar-refractivity contribution is 0.170. The summed E-state index contributed by atoms with van der Waals surface area (Å²) in [6.07, 6.45) is 7.15. The van der Waals surface area contributed by atoms with Crippen LogP contribution in [0.25, 0.3) is 11.3 Å². The lowest BCUT2D eigenvalue weighted by Crippen LogP contribution is -2.49. The molecule has 24 heavy (non-hydrogen) atoms. The Morgan fingerprint density at radius 2 is 2.12 bits per heavy atom. The van der Waals surface area contributed by atoms with E-state index in [1.54, 1.807) is 0 Å². The van der Waals surface area contributed by atoms with E-state index in [4.69, 9.17) is 0 Å². The minimum absolute atomic E-state index is 0.714. The molecule has 0 bridgehead atoms. The van der Waals surface area contributed by atoms with Crippen LogP contribution >= 0.6 is 0 Å². The number of likely N-dealkylation sites (tertiary alicyclic amines) is 1. The summed E-state index contributed by atoms with van der Waals surface area (Å²) in [4.78, 5) is 9.47. The van der Waals surface area contributed by atoms with Crippen LogP contribution < -0.4 is 5.32 Å². The zero-order valence-electron chi connectivity index (χ0n) is 14.4. The van der Waals surface area contributed by atoms with Gasteiger partial charge in [0.25, 0.3) is 0 Å². The Kier molecular flexibility index (Phi) is 4.60. The minimum Gasteiger partial charge on any atom is -0.314 e. The Hall–Kier alpha value is -1.76. The average molecular weight is 326 g/mol. The maximum absolute atomic E-state index is 4.66. The summed E-state index contributed by atoms with van der Waals surface area (Å²) in [5, 5.41) is 8.11. The van der Waals surface area contributed by atoms with Crippen LogP contribution in [-0.4, -0.2) is 69.9 Å². The smallest absolute Gasteiger partial charge is 0.0983 e. The number of aryl methyl sites for hydroxylation is 1. The first kappa shape index (κ1) is 15.7. The summed E-state index contributed by atoms with van der Waals surface area (Å²) in [5.41, 5.74) is 3.47. The van der Waals surface area contributed by atoms with E-state index < -0.39 is 0 Å². The average Bonchev–Trinajstić information content (AvgIpc) is 3.23. The third-order valence-electron chi connectivity index (χ3n) is 5.15. The van der Waals surface area contributed by atoms with Crippen molar-refractivity contribution in [3.8, 4) is 11.3 Å². The van der Waals surface area contributed by atoms with Crippen LogP contribution in [0.15, 0.2) is 30.7 Å². The lowest BCUT2D eigenvalue weighted by atomic mass is 10.1. The molecule has 0 aromatic carbocycles. The van der Waals surface area contributed by atoms with Crippen LogP contribution in [0.4, 0.5) is 0 Å². The van der Waals surface area contributed by atoms with E-state index in [1.165, 1.54) is 38.2 Å². The van der Waals surface area contributed by atoms with Crippen molar-refractivity contribution in [1.29, 1.82) is 0 Å². The van der Waals surface area contributed by atoms with Crippen LogP contribution in [0.5, 0.6) is 0 Å². The Labute approximate surface area is 143 Å². The third kappa shape index (κ3) is 3.36. The van der Waals surface area contributed by atoms with Crippen molar-refractivity contribution in [1.82, 2.24) is 29.9 Å². The number of hydrogen-bond donors (Lipinski definition) is 1. The second kappa shape index (κ2) is 7.01. The molecule has 2 aromatic rings. The summed E-state index contributed by atoms with van der Waals surface area (Å²) < 4.78 is 1.92. The second-order valence-corrected chi connectivity index (χ2v) is 6.88. The van der Waals surface area contributed by atoms with Gasteiger partial charge in [0, 0.05) is 88.6 Å². The molecule has 0 radical (unpaired) electrons. The van der Waals surface area contributed by atoms with E-state index >= 15 is 0 Å². The van der Waals surface area contributed by atoms with Crippen LogP contribution in [0.2, 0.25) is 0 Å². The third-order valence-corrected chi connectivity index (χ3v) is 5.15. The van der Waals surface area contributed by atoms with Crippen LogP contribution in [0, 0.1) is 0 Å². The Bertz CT molecular complexity index is 661. The molecule has 2 saturated heterocycles. The van der Waals surface area contributed by atoms with Crippen LogP contribution in [0.3, 0.4) is 0 Å². The van der Waals surface area contributed by atoms with Crippen molar-refractivity contribution < 1.29 is 0 Å². The molecule has 2 fully saturated rings. The molecule has 4 heterocycles. The zero-order chi connectivity index (χ0) is 16.4. The van der Waals surface area contributed by atoms with Crippen LogP contribution in [-0.2, 0) is 13.6 Å². The molecule has 0 amide bonds. The van der Waals surface area contributed by atoms with Gasteiger partial charge < -0.3 is 5.32 Å². The normalized spacial score (nSPS) is 23.0. The highest BCUT2D eigenvalue weighted by Crippen LogP contribution is 2.25. The first-order valence-corrected chi connectivity index (χ1v) is 8.89. The predicted molar refractivity (Wildman–Crippen MR) is 94.6 cm³/mol. The van der Waals surface area contributed by atoms with Crippen molar-refractivity contribution in [2.24, 2.45) is 7.05 Å². The second-order valence-electron chi connectivity index (χ2n) is 6.88.